The molecular weight excluding hydrogens is 408 g/mol. The number of nitrogens with zero attached hydrogens (tertiary/aromatic N) is 4. The highest BCUT2D eigenvalue weighted by molar-refractivity contribution is 7.13. The van der Waals surface area contributed by atoms with Crippen molar-refractivity contribution in [2.45, 2.75) is 19.3 Å². The molecule has 0 saturated carbocycles. The fourth-order valence-corrected chi connectivity index (χ4v) is 5.24. The van der Waals surface area contributed by atoms with Crippen molar-refractivity contribution in [1.29, 1.82) is 0 Å². The maximum Gasteiger partial charge on any atom is 0.274 e. The highest BCUT2D eigenvalue weighted by Gasteiger charge is 2.45. The van der Waals surface area contributed by atoms with Crippen molar-refractivity contribution < 1.29 is 9.59 Å². The van der Waals surface area contributed by atoms with Gasteiger partial charge in [-0.3, -0.25) is 14.6 Å². The molecule has 0 aliphatic carbocycles. The van der Waals surface area contributed by atoms with Gasteiger partial charge in [-0.15, -0.1) is 11.3 Å². The van der Waals surface area contributed by atoms with Crippen LogP contribution in [0.3, 0.4) is 0 Å². The summed E-state index contributed by atoms with van der Waals surface area (Å²) in [6, 6.07) is 12.4. The fourth-order valence-electron chi connectivity index (χ4n) is 4.46. The number of rotatable bonds is 5. The van der Waals surface area contributed by atoms with Gasteiger partial charge in [-0.1, -0.05) is 30.3 Å². The standard InChI is InChI=1S/C24H26N4O2S/c1-27(2)23(30)24(15-18-7-3-4-8-19(18)21-9-5-14-31-21)10-6-13-28(17-24)22(29)20-16-25-11-12-26-20/h3-5,7-9,11-12,14,16H,6,10,13,15,17H2,1-2H3/t24-/m0/s1. The fraction of sp³-hybridized carbons (Fsp3) is 0.333. The molecule has 0 N–H and O–H groups in total. The van der Waals surface area contributed by atoms with E-state index in [-0.39, 0.29) is 11.8 Å². The van der Waals surface area contributed by atoms with E-state index in [0.717, 1.165) is 24.0 Å². The molecule has 2 aromatic heterocycles. The number of thiophene rings is 1. The second-order valence-corrected chi connectivity index (χ2v) is 9.16. The van der Waals surface area contributed by atoms with Crippen LogP contribution >= 0.6 is 11.3 Å². The number of likely N-dealkylation sites (tertiary alicyclic amines) is 1. The van der Waals surface area contributed by atoms with Gasteiger partial charge in [-0.2, -0.15) is 0 Å². The molecule has 2 amide bonds. The van der Waals surface area contributed by atoms with Gasteiger partial charge in [0.1, 0.15) is 5.69 Å². The van der Waals surface area contributed by atoms with E-state index in [4.69, 9.17) is 0 Å². The zero-order valence-electron chi connectivity index (χ0n) is 17.8. The van der Waals surface area contributed by atoms with Gasteiger partial charge in [-0.05, 0) is 41.8 Å². The first-order chi connectivity index (χ1) is 15.0. The van der Waals surface area contributed by atoms with Gasteiger partial charge in [0.25, 0.3) is 5.91 Å². The molecule has 1 fully saturated rings. The van der Waals surface area contributed by atoms with Crippen molar-refractivity contribution in [3.8, 4) is 10.4 Å². The first-order valence-electron chi connectivity index (χ1n) is 10.4. The molecule has 3 aromatic rings. The highest BCUT2D eigenvalue weighted by Crippen LogP contribution is 2.39. The SMILES string of the molecule is CN(C)C(=O)[C@]1(Cc2ccccc2-c2cccs2)CCCN(C(=O)c2cnccn2)C1. The minimum absolute atomic E-state index is 0.0603. The van der Waals surface area contributed by atoms with Gasteiger partial charge in [0.15, 0.2) is 0 Å². The highest BCUT2D eigenvalue weighted by atomic mass is 32.1. The van der Waals surface area contributed by atoms with Crippen molar-refractivity contribution in [3.05, 3.63) is 71.6 Å². The Bertz CT molecular complexity index is 1050. The molecule has 3 heterocycles. The Morgan fingerprint density at radius 3 is 2.71 bits per heavy atom. The minimum atomic E-state index is -0.674. The number of aromatic nitrogens is 2. The summed E-state index contributed by atoms with van der Waals surface area (Å²) >= 11 is 1.69. The van der Waals surface area contributed by atoms with E-state index in [1.807, 2.05) is 18.2 Å². The lowest BCUT2D eigenvalue weighted by Gasteiger charge is -2.43. The summed E-state index contributed by atoms with van der Waals surface area (Å²) in [4.78, 5) is 39.4. The number of hydrogen-bond acceptors (Lipinski definition) is 5. The third kappa shape index (κ3) is 4.37. The molecule has 1 aromatic carbocycles. The van der Waals surface area contributed by atoms with Gasteiger partial charge >= 0.3 is 0 Å². The number of piperidine rings is 1. The van der Waals surface area contributed by atoms with Crippen LogP contribution in [0.25, 0.3) is 10.4 Å². The first-order valence-corrected chi connectivity index (χ1v) is 11.3. The van der Waals surface area contributed by atoms with Gasteiger partial charge in [0.2, 0.25) is 5.91 Å². The number of benzene rings is 1. The summed E-state index contributed by atoms with van der Waals surface area (Å²) in [6.07, 6.45) is 6.65. The molecule has 160 valence electrons. The summed E-state index contributed by atoms with van der Waals surface area (Å²) in [5.74, 6) is -0.111. The summed E-state index contributed by atoms with van der Waals surface area (Å²) < 4.78 is 0. The van der Waals surface area contributed by atoms with E-state index in [9.17, 15) is 9.59 Å². The van der Waals surface area contributed by atoms with Gasteiger partial charge in [0.05, 0.1) is 11.6 Å². The van der Waals surface area contributed by atoms with Crippen molar-refractivity contribution >= 4 is 23.2 Å². The Balaban J connectivity index is 1.69. The average Bonchev–Trinajstić information content (AvgIpc) is 3.34. The Kier molecular flexibility index (Phi) is 6.13. The van der Waals surface area contributed by atoms with Gasteiger partial charge < -0.3 is 9.80 Å². The molecule has 31 heavy (non-hydrogen) atoms. The van der Waals surface area contributed by atoms with Crippen LogP contribution in [0.5, 0.6) is 0 Å². The molecule has 1 aliphatic heterocycles. The monoisotopic (exact) mass is 434 g/mol. The van der Waals surface area contributed by atoms with Crippen LogP contribution in [0.4, 0.5) is 0 Å². The van der Waals surface area contributed by atoms with E-state index >= 15 is 0 Å². The van der Waals surface area contributed by atoms with Gasteiger partial charge in [0, 0.05) is 44.5 Å². The van der Waals surface area contributed by atoms with E-state index in [2.05, 4.69) is 33.5 Å². The Hall–Kier alpha value is -3.06. The molecule has 1 atom stereocenters. The van der Waals surface area contributed by atoms with Crippen molar-refractivity contribution in [3.63, 3.8) is 0 Å². The largest absolute Gasteiger partial charge is 0.348 e. The average molecular weight is 435 g/mol. The zero-order chi connectivity index (χ0) is 21.8. The third-order valence-electron chi connectivity index (χ3n) is 5.84. The maximum absolute atomic E-state index is 13.5. The van der Waals surface area contributed by atoms with Crippen molar-refractivity contribution in [1.82, 2.24) is 19.8 Å². The van der Waals surface area contributed by atoms with Crippen LogP contribution in [0.1, 0.15) is 28.9 Å². The second-order valence-electron chi connectivity index (χ2n) is 8.21. The van der Waals surface area contributed by atoms with Crippen LogP contribution in [-0.4, -0.2) is 58.8 Å². The predicted octanol–water partition coefficient (Wildman–Crippen LogP) is 3.76. The molecule has 1 aliphatic rings. The van der Waals surface area contributed by atoms with E-state index in [1.54, 1.807) is 41.4 Å². The third-order valence-corrected chi connectivity index (χ3v) is 6.74. The van der Waals surface area contributed by atoms with Crippen LogP contribution in [-0.2, 0) is 11.2 Å². The Morgan fingerprint density at radius 1 is 1.16 bits per heavy atom. The molecule has 0 radical (unpaired) electrons. The lowest BCUT2D eigenvalue weighted by Crippen LogP contribution is -2.54. The molecular formula is C24H26N4O2S. The summed E-state index contributed by atoms with van der Waals surface area (Å²) in [5.41, 5.74) is 1.93. The number of amides is 2. The van der Waals surface area contributed by atoms with Crippen LogP contribution in [0.15, 0.2) is 60.4 Å². The number of hydrogen-bond donors (Lipinski definition) is 0. The van der Waals surface area contributed by atoms with Crippen molar-refractivity contribution in [2.75, 3.05) is 27.2 Å². The van der Waals surface area contributed by atoms with E-state index in [0.29, 0.717) is 25.2 Å². The van der Waals surface area contributed by atoms with E-state index in [1.165, 1.54) is 17.3 Å². The van der Waals surface area contributed by atoms with Crippen LogP contribution < -0.4 is 0 Å². The topological polar surface area (TPSA) is 66.4 Å². The predicted molar refractivity (Wildman–Crippen MR) is 122 cm³/mol. The molecule has 0 unspecified atom stereocenters. The van der Waals surface area contributed by atoms with Crippen LogP contribution in [0.2, 0.25) is 0 Å². The summed E-state index contributed by atoms with van der Waals surface area (Å²) in [5, 5.41) is 2.06. The molecule has 4 rings (SSSR count). The first kappa shape index (κ1) is 21.2. The number of carbonyl (C=O) groups is 2. The summed E-state index contributed by atoms with van der Waals surface area (Å²) in [7, 11) is 3.58. The van der Waals surface area contributed by atoms with Crippen molar-refractivity contribution in [2.24, 2.45) is 5.41 Å². The molecule has 0 bridgehead atoms. The maximum atomic E-state index is 13.5. The smallest absolute Gasteiger partial charge is 0.274 e. The Morgan fingerprint density at radius 2 is 2.00 bits per heavy atom. The second kappa shape index (κ2) is 8.98. The van der Waals surface area contributed by atoms with Crippen LogP contribution in [0, 0.1) is 5.41 Å². The van der Waals surface area contributed by atoms with Gasteiger partial charge in [-0.25, -0.2) is 4.98 Å². The lowest BCUT2D eigenvalue weighted by molar-refractivity contribution is -0.142. The summed E-state index contributed by atoms with van der Waals surface area (Å²) in [6.45, 7) is 0.989. The Labute approximate surface area is 186 Å². The quantitative estimate of drug-likeness (QED) is 0.613. The molecule has 7 heteroatoms. The normalized spacial score (nSPS) is 18.6. The molecule has 6 nitrogen and oxygen atoms in total. The molecule has 1 saturated heterocycles. The zero-order valence-corrected chi connectivity index (χ0v) is 18.6. The minimum Gasteiger partial charge on any atom is -0.348 e. The van der Waals surface area contributed by atoms with E-state index < -0.39 is 5.41 Å². The number of carbonyl (C=O) groups excluding carboxylic acids is 2. The molecule has 0 spiro atoms. The lowest BCUT2D eigenvalue weighted by atomic mass is 9.73.